The molecule has 2 aliphatic rings. The first-order valence-corrected chi connectivity index (χ1v) is 10.0. The van der Waals surface area contributed by atoms with Crippen LogP contribution in [0.25, 0.3) is 0 Å². The van der Waals surface area contributed by atoms with E-state index in [0.717, 1.165) is 18.5 Å². The van der Waals surface area contributed by atoms with Gasteiger partial charge in [0.25, 0.3) is 0 Å². The number of ether oxygens (including phenoxy) is 1. The van der Waals surface area contributed by atoms with Gasteiger partial charge in [0.05, 0.1) is 19.1 Å². The minimum Gasteiger partial charge on any atom is -0.496 e. The van der Waals surface area contributed by atoms with Crippen molar-refractivity contribution in [2.24, 2.45) is 5.92 Å². The molecule has 28 heavy (non-hydrogen) atoms. The van der Waals surface area contributed by atoms with Crippen LogP contribution in [-0.4, -0.2) is 60.8 Å². The molecule has 3 rings (SSSR count). The van der Waals surface area contributed by atoms with E-state index in [4.69, 9.17) is 4.74 Å². The fourth-order valence-electron chi connectivity index (χ4n) is 4.28. The summed E-state index contributed by atoms with van der Waals surface area (Å²) in [5, 5.41) is 2.98. The molecule has 152 valence electrons. The Morgan fingerprint density at radius 2 is 2.00 bits per heavy atom. The topological polar surface area (TPSA) is 79.0 Å². The third kappa shape index (κ3) is 4.13. The Hall–Kier alpha value is -2.57. The lowest BCUT2D eigenvalue weighted by atomic mass is 9.83. The average molecular weight is 387 g/mol. The molecule has 2 heterocycles. The van der Waals surface area contributed by atoms with Crippen LogP contribution in [0.1, 0.15) is 44.2 Å². The first-order chi connectivity index (χ1) is 13.6. The van der Waals surface area contributed by atoms with Crippen LogP contribution in [0.15, 0.2) is 24.3 Å². The Labute approximate surface area is 166 Å². The number of carbonyl (C=O) groups is 3. The van der Waals surface area contributed by atoms with E-state index >= 15 is 0 Å². The molecule has 2 aliphatic heterocycles. The molecule has 1 aromatic carbocycles. The molecule has 0 saturated carbocycles. The second-order valence-corrected chi connectivity index (χ2v) is 7.29. The van der Waals surface area contributed by atoms with Crippen LogP contribution in [0.5, 0.6) is 5.75 Å². The second-order valence-electron chi connectivity index (χ2n) is 7.29. The van der Waals surface area contributed by atoms with Crippen molar-refractivity contribution in [1.29, 1.82) is 0 Å². The molecule has 3 amide bonds. The number of carbonyl (C=O) groups excluding carboxylic acids is 3. The van der Waals surface area contributed by atoms with Gasteiger partial charge in [-0.15, -0.1) is 0 Å². The lowest BCUT2D eigenvalue weighted by Gasteiger charge is -2.40. The number of rotatable bonds is 7. The molecule has 1 aromatic rings. The summed E-state index contributed by atoms with van der Waals surface area (Å²) in [5.41, 5.74) is 0.856. The van der Waals surface area contributed by atoms with Gasteiger partial charge in [-0.3, -0.25) is 14.4 Å². The number of piperidine rings is 1. The third-order valence-corrected chi connectivity index (χ3v) is 5.69. The summed E-state index contributed by atoms with van der Waals surface area (Å²) in [6.45, 7) is 4.19. The van der Waals surface area contributed by atoms with Crippen molar-refractivity contribution in [2.45, 2.75) is 38.6 Å². The number of hydrogen-bond donors (Lipinski definition) is 1. The molecular formula is C21H29N3O4. The summed E-state index contributed by atoms with van der Waals surface area (Å²) in [6, 6.07) is 7.21. The van der Waals surface area contributed by atoms with Crippen LogP contribution < -0.4 is 10.1 Å². The minimum absolute atomic E-state index is 0.0603. The lowest BCUT2D eigenvalue weighted by Crippen LogP contribution is -2.49. The van der Waals surface area contributed by atoms with E-state index in [1.54, 1.807) is 16.9 Å². The van der Waals surface area contributed by atoms with E-state index < -0.39 is 0 Å². The highest BCUT2D eigenvalue weighted by atomic mass is 16.5. The Balaban J connectivity index is 1.75. The van der Waals surface area contributed by atoms with Crippen LogP contribution in [-0.2, 0) is 14.4 Å². The molecular weight excluding hydrogens is 358 g/mol. The fourth-order valence-corrected chi connectivity index (χ4v) is 4.28. The molecule has 0 unspecified atom stereocenters. The van der Waals surface area contributed by atoms with Crippen molar-refractivity contribution in [1.82, 2.24) is 15.1 Å². The molecule has 0 radical (unpaired) electrons. The molecule has 0 spiro atoms. The van der Waals surface area contributed by atoms with Crippen molar-refractivity contribution in [2.75, 3.05) is 33.3 Å². The van der Waals surface area contributed by atoms with Crippen molar-refractivity contribution in [3.05, 3.63) is 29.8 Å². The molecule has 1 N–H and O–H groups in total. The summed E-state index contributed by atoms with van der Waals surface area (Å²) >= 11 is 0. The minimum atomic E-state index is -0.351. The van der Waals surface area contributed by atoms with Gasteiger partial charge in [0.2, 0.25) is 17.7 Å². The summed E-state index contributed by atoms with van der Waals surface area (Å²) < 4.78 is 5.50. The number of para-hydroxylation sites is 1. The third-order valence-electron chi connectivity index (χ3n) is 5.69. The number of hydrogen-bond acceptors (Lipinski definition) is 4. The zero-order valence-electron chi connectivity index (χ0n) is 16.6. The Morgan fingerprint density at radius 3 is 2.68 bits per heavy atom. The van der Waals surface area contributed by atoms with Gasteiger partial charge in [-0.25, -0.2) is 0 Å². The average Bonchev–Trinajstić information content (AvgIpc) is 3.12. The van der Waals surface area contributed by atoms with E-state index in [2.05, 4.69) is 5.32 Å². The predicted octanol–water partition coefficient (Wildman–Crippen LogP) is 1.73. The van der Waals surface area contributed by atoms with Crippen molar-refractivity contribution in [3.63, 3.8) is 0 Å². The van der Waals surface area contributed by atoms with Gasteiger partial charge in [0.15, 0.2) is 0 Å². The van der Waals surface area contributed by atoms with Gasteiger partial charge >= 0.3 is 0 Å². The maximum atomic E-state index is 13.0. The number of benzene rings is 1. The molecule has 0 bridgehead atoms. The molecule has 7 heteroatoms. The first kappa shape index (κ1) is 20.2. The maximum Gasteiger partial charge on any atom is 0.225 e. The zero-order chi connectivity index (χ0) is 20.1. The Morgan fingerprint density at radius 1 is 1.21 bits per heavy atom. The fraction of sp³-hybridized carbons (Fsp3) is 0.571. The number of amides is 3. The van der Waals surface area contributed by atoms with Crippen molar-refractivity contribution >= 4 is 17.7 Å². The van der Waals surface area contributed by atoms with E-state index in [1.807, 2.05) is 31.2 Å². The van der Waals surface area contributed by atoms with Gasteiger partial charge in [-0.05, 0) is 25.8 Å². The summed E-state index contributed by atoms with van der Waals surface area (Å²) in [4.78, 5) is 40.8. The maximum absolute atomic E-state index is 13.0. The SMILES string of the molecule is CCN1C(=O)CC[C@@H](C(=O)NCCN2CCCC2=O)[C@@H]1c1ccccc1OC. The van der Waals surface area contributed by atoms with E-state index in [-0.39, 0.29) is 29.7 Å². The quantitative estimate of drug-likeness (QED) is 0.773. The number of nitrogens with one attached hydrogen (secondary N) is 1. The second kappa shape index (κ2) is 9.08. The van der Waals surface area contributed by atoms with Gasteiger partial charge < -0.3 is 19.9 Å². The number of nitrogens with zero attached hydrogens (tertiary/aromatic N) is 2. The highest BCUT2D eigenvalue weighted by Gasteiger charge is 2.41. The van der Waals surface area contributed by atoms with Crippen LogP contribution >= 0.6 is 0 Å². The molecule has 0 aromatic heterocycles. The van der Waals surface area contributed by atoms with Crippen LogP contribution in [0, 0.1) is 5.92 Å². The van der Waals surface area contributed by atoms with Crippen LogP contribution in [0.2, 0.25) is 0 Å². The van der Waals surface area contributed by atoms with Crippen molar-refractivity contribution in [3.8, 4) is 5.75 Å². The summed E-state index contributed by atoms with van der Waals surface area (Å²) in [5.74, 6) is 0.476. The molecule has 2 saturated heterocycles. The van der Waals surface area contributed by atoms with E-state index in [1.165, 1.54) is 0 Å². The monoisotopic (exact) mass is 387 g/mol. The molecule has 2 fully saturated rings. The largest absolute Gasteiger partial charge is 0.496 e. The van der Waals surface area contributed by atoms with E-state index in [9.17, 15) is 14.4 Å². The van der Waals surface area contributed by atoms with Crippen LogP contribution in [0.4, 0.5) is 0 Å². The van der Waals surface area contributed by atoms with Gasteiger partial charge in [-0.2, -0.15) is 0 Å². The highest BCUT2D eigenvalue weighted by Crippen LogP contribution is 2.40. The van der Waals surface area contributed by atoms with Crippen molar-refractivity contribution < 1.29 is 19.1 Å². The molecule has 2 atom stereocenters. The lowest BCUT2D eigenvalue weighted by molar-refractivity contribution is -0.143. The smallest absolute Gasteiger partial charge is 0.225 e. The van der Waals surface area contributed by atoms with E-state index in [0.29, 0.717) is 44.6 Å². The summed E-state index contributed by atoms with van der Waals surface area (Å²) in [6.07, 6.45) is 2.35. The van der Waals surface area contributed by atoms with Gasteiger partial charge in [0, 0.05) is 44.6 Å². The zero-order valence-corrected chi connectivity index (χ0v) is 16.6. The molecule has 0 aliphatic carbocycles. The normalized spacial score (nSPS) is 22.5. The summed E-state index contributed by atoms with van der Waals surface area (Å²) in [7, 11) is 1.60. The first-order valence-electron chi connectivity index (χ1n) is 10.0. The Kier molecular flexibility index (Phi) is 6.54. The number of methoxy groups -OCH3 is 1. The molecule has 7 nitrogen and oxygen atoms in total. The number of likely N-dealkylation sites (tertiary alicyclic amines) is 2. The van der Waals surface area contributed by atoms with Crippen LogP contribution in [0.3, 0.4) is 0 Å². The highest BCUT2D eigenvalue weighted by molar-refractivity contribution is 5.85. The van der Waals surface area contributed by atoms with Gasteiger partial charge in [0.1, 0.15) is 5.75 Å². The predicted molar refractivity (Wildman–Crippen MR) is 105 cm³/mol. The van der Waals surface area contributed by atoms with Gasteiger partial charge in [-0.1, -0.05) is 18.2 Å². The standard InChI is InChI=1S/C21H29N3O4/c1-3-24-19(26)11-10-16(20(24)15-7-4-5-8-17(15)28-2)21(27)22-12-14-23-13-6-9-18(23)25/h4-5,7-8,16,20H,3,6,9-14H2,1-2H3,(H,22,27)/t16-,20+/m1/s1. The Bertz CT molecular complexity index is 736.